The van der Waals surface area contributed by atoms with Crippen LogP contribution in [-0.2, 0) is 16.1 Å². The minimum absolute atomic E-state index is 0.0389. The average molecular weight is 269 g/mol. The largest absolute Gasteiger partial charge is 0.467 e. The van der Waals surface area contributed by atoms with Gasteiger partial charge < -0.3 is 9.84 Å². The zero-order valence-corrected chi connectivity index (χ0v) is 11.4. The second-order valence-electron chi connectivity index (χ2n) is 4.66. The predicted octanol–water partition coefficient (Wildman–Crippen LogP) is 1.49. The van der Waals surface area contributed by atoms with Crippen molar-refractivity contribution in [2.24, 2.45) is 5.92 Å². The first-order valence-electron chi connectivity index (χ1n) is 6.21. The Labute approximate surface area is 111 Å². The van der Waals surface area contributed by atoms with Gasteiger partial charge in [0.25, 0.3) is 0 Å². The van der Waals surface area contributed by atoms with Gasteiger partial charge in [-0.2, -0.15) is 0 Å². The Kier molecular flexibility index (Phi) is 4.74. The molecule has 1 N–H and O–H groups in total. The molecule has 4 nitrogen and oxygen atoms in total. The molecule has 1 fully saturated rings. The van der Waals surface area contributed by atoms with Crippen LogP contribution in [-0.4, -0.2) is 42.3 Å². The van der Waals surface area contributed by atoms with Crippen LogP contribution in [0.2, 0.25) is 0 Å². The van der Waals surface area contributed by atoms with Crippen LogP contribution in [0.15, 0.2) is 17.5 Å². The Hall–Kier alpha value is -0.910. The van der Waals surface area contributed by atoms with Gasteiger partial charge in [0.15, 0.2) is 6.10 Å². The highest BCUT2D eigenvalue weighted by Gasteiger charge is 2.30. The summed E-state index contributed by atoms with van der Waals surface area (Å²) in [4.78, 5) is 15.0. The van der Waals surface area contributed by atoms with E-state index < -0.39 is 12.1 Å². The Morgan fingerprint density at radius 1 is 1.61 bits per heavy atom. The number of likely N-dealkylation sites (tertiary alicyclic amines) is 1. The Bertz CT molecular complexity index is 372. The number of methoxy groups -OCH3 is 1. The molecule has 5 heteroatoms. The molecule has 1 aromatic rings. The molecule has 1 atom stereocenters. The van der Waals surface area contributed by atoms with Crippen molar-refractivity contribution in [1.82, 2.24) is 4.90 Å². The van der Waals surface area contributed by atoms with E-state index in [1.165, 1.54) is 12.0 Å². The van der Waals surface area contributed by atoms with E-state index in [9.17, 15) is 9.90 Å². The number of hydrogen-bond donors (Lipinski definition) is 1. The molecular weight excluding hydrogens is 250 g/mol. The topological polar surface area (TPSA) is 49.8 Å². The van der Waals surface area contributed by atoms with Gasteiger partial charge in [0, 0.05) is 11.4 Å². The molecule has 0 aromatic carbocycles. The van der Waals surface area contributed by atoms with Crippen molar-refractivity contribution in [3.63, 3.8) is 0 Å². The van der Waals surface area contributed by atoms with Crippen LogP contribution in [0.4, 0.5) is 0 Å². The first kappa shape index (κ1) is 13.5. The van der Waals surface area contributed by atoms with E-state index in [-0.39, 0.29) is 5.92 Å². The third-order valence-corrected chi connectivity index (χ3v) is 4.34. The van der Waals surface area contributed by atoms with E-state index in [1.54, 1.807) is 11.3 Å². The number of aliphatic hydroxyl groups is 1. The molecule has 1 aromatic heterocycles. The van der Waals surface area contributed by atoms with Gasteiger partial charge in [0.2, 0.25) is 0 Å². The molecule has 2 rings (SSSR count). The number of carbonyl (C=O) groups excluding carboxylic acids is 1. The summed E-state index contributed by atoms with van der Waals surface area (Å²) in [6.45, 7) is 2.83. The summed E-state index contributed by atoms with van der Waals surface area (Å²) in [5.41, 5.74) is 0. The number of rotatable bonds is 4. The fraction of sp³-hybridized carbons (Fsp3) is 0.615. The highest BCUT2D eigenvalue weighted by Crippen LogP contribution is 2.23. The smallest absolute Gasteiger partial charge is 0.334 e. The van der Waals surface area contributed by atoms with Gasteiger partial charge in [-0.25, -0.2) is 4.79 Å². The van der Waals surface area contributed by atoms with Crippen LogP contribution in [0.3, 0.4) is 0 Å². The van der Waals surface area contributed by atoms with Crippen molar-refractivity contribution in [1.29, 1.82) is 0 Å². The number of ether oxygens (including phenoxy) is 1. The second-order valence-corrected chi connectivity index (χ2v) is 5.69. The van der Waals surface area contributed by atoms with E-state index in [0.29, 0.717) is 0 Å². The van der Waals surface area contributed by atoms with Gasteiger partial charge in [-0.05, 0) is 43.3 Å². The minimum Gasteiger partial charge on any atom is -0.467 e. The van der Waals surface area contributed by atoms with Crippen LogP contribution < -0.4 is 0 Å². The molecule has 0 saturated carbocycles. The van der Waals surface area contributed by atoms with Crippen LogP contribution in [0.25, 0.3) is 0 Å². The summed E-state index contributed by atoms with van der Waals surface area (Å²) in [6, 6.07) is 4.20. The molecule has 1 aliphatic rings. The quantitative estimate of drug-likeness (QED) is 0.842. The monoisotopic (exact) mass is 269 g/mol. The zero-order chi connectivity index (χ0) is 13.0. The first-order valence-corrected chi connectivity index (χ1v) is 7.09. The van der Waals surface area contributed by atoms with E-state index >= 15 is 0 Å². The summed E-state index contributed by atoms with van der Waals surface area (Å²) in [5.74, 6) is -0.469. The molecular formula is C13H19NO3S. The average Bonchev–Trinajstić information content (AvgIpc) is 2.91. The van der Waals surface area contributed by atoms with Gasteiger partial charge in [-0.15, -0.1) is 11.3 Å². The lowest BCUT2D eigenvalue weighted by Crippen LogP contribution is -2.40. The fourth-order valence-electron chi connectivity index (χ4n) is 2.36. The molecule has 0 amide bonds. The number of esters is 1. The number of aliphatic hydroxyl groups excluding tert-OH is 1. The summed E-state index contributed by atoms with van der Waals surface area (Å²) >= 11 is 1.77. The number of hydrogen-bond acceptors (Lipinski definition) is 5. The molecule has 2 heterocycles. The van der Waals surface area contributed by atoms with Crippen molar-refractivity contribution in [2.75, 3.05) is 20.2 Å². The lowest BCUT2D eigenvalue weighted by Gasteiger charge is -2.33. The molecule has 0 radical (unpaired) electrons. The third kappa shape index (κ3) is 3.31. The van der Waals surface area contributed by atoms with Crippen molar-refractivity contribution >= 4 is 17.3 Å². The van der Waals surface area contributed by atoms with Gasteiger partial charge in [-0.1, -0.05) is 6.07 Å². The Morgan fingerprint density at radius 3 is 2.89 bits per heavy atom. The number of piperidine rings is 1. The second kappa shape index (κ2) is 6.31. The maximum atomic E-state index is 11.3. The summed E-state index contributed by atoms with van der Waals surface area (Å²) < 4.78 is 4.58. The summed E-state index contributed by atoms with van der Waals surface area (Å²) in [7, 11) is 1.32. The maximum Gasteiger partial charge on any atom is 0.334 e. The molecule has 1 aliphatic heterocycles. The highest BCUT2D eigenvalue weighted by molar-refractivity contribution is 7.09. The standard InChI is InChI=1S/C13H19NO3S/c1-17-13(16)12(15)10-4-6-14(7-5-10)9-11-3-2-8-18-11/h2-3,8,10,12,15H,4-7,9H2,1H3. The van der Waals surface area contributed by atoms with Crippen molar-refractivity contribution in [3.8, 4) is 0 Å². The van der Waals surface area contributed by atoms with Crippen molar-refractivity contribution < 1.29 is 14.6 Å². The highest BCUT2D eigenvalue weighted by atomic mass is 32.1. The number of nitrogens with zero attached hydrogens (tertiary/aromatic N) is 1. The predicted molar refractivity (Wildman–Crippen MR) is 70.3 cm³/mol. The third-order valence-electron chi connectivity index (χ3n) is 3.48. The molecule has 1 saturated heterocycles. The van der Waals surface area contributed by atoms with Crippen LogP contribution in [0.1, 0.15) is 17.7 Å². The molecule has 18 heavy (non-hydrogen) atoms. The molecule has 0 spiro atoms. The maximum absolute atomic E-state index is 11.3. The Morgan fingerprint density at radius 2 is 2.33 bits per heavy atom. The normalized spacial score (nSPS) is 19.7. The van der Waals surface area contributed by atoms with Crippen LogP contribution in [0, 0.1) is 5.92 Å². The van der Waals surface area contributed by atoms with E-state index in [1.807, 2.05) is 0 Å². The van der Waals surface area contributed by atoms with Crippen LogP contribution in [0.5, 0.6) is 0 Å². The molecule has 0 aliphatic carbocycles. The minimum atomic E-state index is -0.959. The van der Waals surface area contributed by atoms with E-state index in [2.05, 4.69) is 27.1 Å². The van der Waals surface area contributed by atoms with Crippen molar-refractivity contribution in [3.05, 3.63) is 22.4 Å². The van der Waals surface area contributed by atoms with Crippen molar-refractivity contribution in [2.45, 2.75) is 25.5 Å². The number of carbonyl (C=O) groups is 1. The Balaban J connectivity index is 1.79. The SMILES string of the molecule is COC(=O)C(O)C1CCN(Cc2cccs2)CC1. The first-order chi connectivity index (χ1) is 8.70. The molecule has 0 bridgehead atoms. The van der Waals surface area contributed by atoms with Gasteiger partial charge >= 0.3 is 5.97 Å². The van der Waals surface area contributed by atoms with E-state index in [0.717, 1.165) is 32.5 Å². The number of thiophene rings is 1. The lowest BCUT2D eigenvalue weighted by atomic mass is 9.91. The van der Waals surface area contributed by atoms with Gasteiger partial charge in [0.05, 0.1) is 7.11 Å². The van der Waals surface area contributed by atoms with Gasteiger partial charge in [0.1, 0.15) is 0 Å². The fourth-order valence-corrected chi connectivity index (χ4v) is 3.11. The summed E-state index contributed by atoms with van der Waals surface area (Å²) in [6.07, 6.45) is 0.738. The van der Waals surface area contributed by atoms with E-state index in [4.69, 9.17) is 0 Å². The van der Waals surface area contributed by atoms with Crippen LogP contribution >= 0.6 is 11.3 Å². The lowest BCUT2D eigenvalue weighted by molar-refractivity contribution is -0.154. The summed E-state index contributed by atoms with van der Waals surface area (Å²) in [5, 5.41) is 11.9. The van der Waals surface area contributed by atoms with Gasteiger partial charge in [-0.3, -0.25) is 4.90 Å². The molecule has 100 valence electrons. The molecule has 1 unspecified atom stereocenters. The zero-order valence-electron chi connectivity index (χ0n) is 10.5.